The molecule has 1 saturated carbocycles. The smallest absolute Gasteiger partial charge is 0.393 e. The zero-order valence-corrected chi connectivity index (χ0v) is 30.9. The first-order chi connectivity index (χ1) is 23.8. The first kappa shape index (κ1) is 46.5. The third-order valence-electron chi connectivity index (χ3n) is 8.75. The van der Waals surface area contributed by atoms with E-state index in [2.05, 4.69) is 43.5 Å². The van der Waals surface area contributed by atoms with Crippen LogP contribution in [0.3, 0.4) is 0 Å². The summed E-state index contributed by atoms with van der Waals surface area (Å²) >= 11 is 0. The summed E-state index contributed by atoms with van der Waals surface area (Å²) < 4.78 is 22.6. The van der Waals surface area contributed by atoms with Gasteiger partial charge >= 0.3 is 7.82 Å². The van der Waals surface area contributed by atoms with Crippen molar-refractivity contribution in [3.8, 4) is 0 Å². The predicted octanol–water partition coefficient (Wildman–Crippen LogP) is 3.85. The van der Waals surface area contributed by atoms with Crippen molar-refractivity contribution in [1.29, 1.82) is 0 Å². The van der Waals surface area contributed by atoms with E-state index in [0.717, 1.165) is 70.6 Å². The van der Waals surface area contributed by atoms with Crippen LogP contribution < -0.4 is 5.32 Å². The summed E-state index contributed by atoms with van der Waals surface area (Å²) in [5.41, 5.74) is 0. The SMILES string of the molecule is CCCCC/C=C\C=C/CCCCCCC(O)CC(=O)NC(COP(=O)(O)OC1C(O)C(O)C(O)C(O)C1O)C(O)/C=C/CCCCCCC. The Morgan fingerprint density at radius 3 is 1.78 bits per heavy atom. The van der Waals surface area contributed by atoms with Gasteiger partial charge in [-0.1, -0.05) is 108 Å². The molecule has 1 fully saturated rings. The fourth-order valence-corrected chi connectivity index (χ4v) is 6.55. The van der Waals surface area contributed by atoms with E-state index in [-0.39, 0.29) is 6.42 Å². The third-order valence-corrected chi connectivity index (χ3v) is 9.73. The van der Waals surface area contributed by atoms with Crippen molar-refractivity contribution in [2.45, 2.75) is 178 Å². The van der Waals surface area contributed by atoms with Crippen molar-refractivity contribution >= 4 is 13.7 Å². The second-order valence-corrected chi connectivity index (χ2v) is 14.7. The summed E-state index contributed by atoms with van der Waals surface area (Å²) in [6.45, 7) is 3.57. The van der Waals surface area contributed by atoms with E-state index in [1.165, 1.54) is 25.3 Å². The summed E-state index contributed by atoms with van der Waals surface area (Å²) in [4.78, 5) is 23.1. The minimum Gasteiger partial charge on any atom is -0.393 e. The molecule has 0 aromatic carbocycles. The van der Waals surface area contributed by atoms with Crippen LogP contribution in [0.25, 0.3) is 0 Å². The maximum absolute atomic E-state index is 12.8. The Kier molecular flexibility index (Phi) is 25.3. The van der Waals surface area contributed by atoms with E-state index in [1.807, 2.05) is 0 Å². The Morgan fingerprint density at radius 2 is 1.20 bits per heavy atom. The number of nitrogens with one attached hydrogen (secondary N) is 1. The van der Waals surface area contributed by atoms with Crippen LogP contribution in [0.15, 0.2) is 36.5 Å². The Hall–Kier alpha value is -1.48. The minimum absolute atomic E-state index is 0.260. The first-order valence-electron chi connectivity index (χ1n) is 18.5. The van der Waals surface area contributed by atoms with Crippen LogP contribution in [0.2, 0.25) is 0 Å². The number of carbonyl (C=O) groups is 1. The largest absolute Gasteiger partial charge is 0.472 e. The molecule has 0 saturated heterocycles. The van der Waals surface area contributed by atoms with Crippen LogP contribution in [0, 0.1) is 0 Å². The molecule has 0 bridgehead atoms. The Balaban J connectivity index is 2.64. The van der Waals surface area contributed by atoms with E-state index >= 15 is 0 Å². The van der Waals surface area contributed by atoms with Gasteiger partial charge in [0.05, 0.1) is 31.3 Å². The number of rotatable bonds is 28. The fraction of sp³-hybridized carbons (Fsp3) is 0.806. The second kappa shape index (κ2) is 27.2. The van der Waals surface area contributed by atoms with E-state index in [1.54, 1.807) is 6.08 Å². The first-order valence-corrected chi connectivity index (χ1v) is 20.0. The van der Waals surface area contributed by atoms with Crippen molar-refractivity contribution in [2.75, 3.05) is 6.61 Å². The molecule has 14 heteroatoms. The molecule has 1 aliphatic rings. The highest BCUT2D eigenvalue weighted by atomic mass is 31.2. The van der Waals surface area contributed by atoms with Crippen molar-refractivity contribution in [1.82, 2.24) is 5.32 Å². The second-order valence-electron chi connectivity index (χ2n) is 13.3. The third kappa shape index (κ3) is 19.9. The van der Waals surface area contributed by atoms with E-state index in [9.17, 15) is 50.0 Å². The molecule has 9 N–H and O–H groups in total. The summed E-state index contributed by atoms with van der Waals surface area (Å²) in [5.74, 6) is -0.613. The van der Waals surface area contributed by atoms with Crippen molar-refractivity contribution in [3.63, 3.8) is 0 Å². The van der Waals surface area contributed by atoms with E-state index in [0.29, 0.717) is 12.8 Å². The number of aliphatic hydroxyl groups is 7. The highest BCUT2D eigenvalue weighted by Crippen LogP contribution is 2.47. The van der Waals surface area contributed by atoms with Gasteiger partial charge in [-0.25, -0.2) is 4.57 Å². The van der Waals surface area contributed by atoms with Crippen LogP contribution in [0.5, 0.6) is 0 Å². The zero-order valence-electron chi connectivity index (χ0n) is 30.0. The number of amides is 1. The highest BCUT2D eigenvalue weighted by molar-refractivity contribution is 7.47. The molecule has 1 amide bonds. The van der Waals surface area contributed by atoms with E-state index < -0.39 is 75.2 Å². The molecule has 8 atom stereocenters. The lowest BCUT2D eigenvalue weighted by molar-refractivity contribution is -0.220. The van der Waals surface area contributed by atoms with Gasteiger partial charge in [0.1, 0.15) is 36.6 Å². The van der Waals surface area contributed by atoms with Crippen molar-refractivity contribution in [3.05, 3.63) is 36.5 Å². The fourth-order valence-electron chi connectivity index (χ4n) is 5.58. The Bertz CT molecular complexity index is 1010. The number of carbonyl (C=O) groups excluding carboxylic acids is 1. The minimum atomic E-state index is -5.13. The zero-order chi connectivity index (χ0) is 37.4. The molecular formula is C36H66NO12P. The number of unbranched alkanes of at least 4 members (excludes halogenated alkanes) is 12. The number of allylic oxidation sites excluding steroid dienone is 5. The van der Waals surface area contributed by atoms with Crippen LogP contribution in [-0.4, -0.2) is 108 Å². The highest BCUT2D eigenvalue weighted by Gasteiger charge is 2.51. The molecule has 1 aliphatic carbocycles. The average molecular weight is 736 g/mol. The van der Waals surface area contributed by atoms with Crippen LogP contribution in [0.4, 0.5) is 0 Å². The molecule has 0 heterocycles. The molecule has 8 unspecified atom stereocenters. The summed E-state index contributed by atoms with van der Waals surface area (Å²) in [5, 5.41) is 73.7. The number of hydrogen-bond donors (Lipinski definition) is 9. The van der Waals surface area contributed by atoms with Gasteiger partial charge in [0, 0.05) is 0 Å². The summed E-state index contributed by atoms with van der Waals surface area (Å²) in [6.07, 6.45) is 12.9. The van der Waals surface area contributed by atoms with Crippen LogP contribution in [0.1, 0.15) is 123 Å². The molecule has 0 aliphatic heterocycles. The van der Waals surface area contributed by atoms with Gasteiger partial charge in [-0.2, -0.15) is 0 Å². The van der Waals surface area contributed by atoms with Gasteiger partial charge < -0.3 is 46.0 Å². The molecule has 1 rings (SSSR count). The maximum Gasteiger partial charge on any atom is 0.472 e. The Labute approximate surface area is 298 Å². The van der Waals surface area contributed by atoms with Gasteiger partial charge in [0.2, 0.25) is 5.91 Å². The lowest BCUT2D eigenvalue weighted by Gasteiger charge is -2.41. The normalized spacial score (nSPS) is 26.0. The van der Waals surface area contributed by atoms with Crippen molar-refractivity contribution < 1.29 is 59.0 Å². The quantitative estimate of drug-likeness (QED) is 0.0242. The maximum atomic E-state index is 12.8. The van der Waals surface area contributed by atoms with E-state index in [4.69, 9.17) is 9.05 Å². The van der Waals surface area contributed by atoms with Gasteiger partial charge in [-0.15, -0.1) is 0 Å². The van der Waals surface area contributed by atoms with Gasteiger partial charge in [0.25, 0.3) is 0 Å². The lowest BCUT2D eigenvalue weighted by atomic mass is 9.85. The monoisotopic (exact) mass is 735 g/mol. The number of phosphoric acid groups is 1. The molecule has 0 aromatic rings. The van der Waals surface area contributed by atoms with Gasteiger partial charge in [0.15, 0.2) is 0 Å². The molecule has 292 valence electrons. The summed E-state index contributed by atoms with van der Waals surface area (Å²) in [7, 11) is -5.13. The molecule has 13 nitrogen and oxygen atoms in total. The average Bonchev–Trinajstić information content (AvgIpc) is 3.08. The van der Waals surface area contributed by atoms with Crippen LogP contribution in [-0.2, 0) is 18.4 Å². The summed E-state index contributed by atoms with van der Waals surface area (Å²) in [6, 6.07) is -1.24. The lowest BCUT2D eigenvalue weighted by Crippen LogP contribution is -2.64. The molecule has 0 spiro atoms. The molecular weight excluding hydrogens is 669 g/mol. The molecule has 50 heavy (non-hydrogen) atoms. The van der Waals surface area contributed by atoms with Gasteiger partial charge in [-0.3, -0.25) is 13.8 Å². The number of aliphatic hydroxyl groups excluding tert-OH is 7. The standard InChI is InChI=1S/C36H66NO12P/c1-3-5-7-9-11-12-13-14-15-16-18-19-21-23-27(38)25-30(40)37-28(29(39)24-22-20-17-10-8-6-4-2)26-48-50(46,47)49-36-34(44)32(42)31(41)33(43)35(36)45/h11-14,22,24,27-29,31-36,38-39,41-45H,3-10,15-21,23,25-26H2,1-2H3,(H,37,40)(H,46,47)/b12-11-,14-13-,24-22+. The topological polar surface area (TPSA) is 226 Å². The van der Waals surface area contributed by atoms with Gasteiger partial charge in [-0.05, 0) is 44.9 Å². The number of hydrogen-bond acceptors (Lipinski definition) is 11. The van der Waals surface area contributed by atoms with Crippen molar-refractivity contribution in [2.24, 2.45) is 0 Å². The van der Waals surface area contributed by atoms with Crippen LogP contribution >= 0.6 is 7.82 Å². The predicted molar refractivity (Wildman–Crippen MR) is 192 cm³/mol. The number of phosphoric ester groups is 1. The Morgan fingerprint density at radius 1 is 0.720 bits per heavy atom. The molecule has 0 radical (unpaired) electrons. The molecule has 0 aromatic heterocycles.